The molecule has 0 heterocycles. The van der Waals surface area contributed by atoms with Gasteiger partial charge >= 0.3 is 5.97 Å². The Bertz CT molecular complexity index is 564. The van der Waals surface area contributed by atoms with Crippen LogP contribution in [0.4, 0.5) is 0 Å². The molecule has 5 heteroatoms. The van der Waals surface area contributed by atoms with Crippen molar-refractivity contribution >= 4 is 5.97 Å². The Balaban J connectivity index is -0.000000874. The monoisotopic (exact) mass is 797 g/mol. The van der Waals surface area contributed by atoms with Crippen molar-refractivity contribution in [1.29, 1.82) is 0 Å². The van der Waals surface area contributed by atoms with Gasteiger partial charge < -0.3 is 20.0 Å². The number of carboxylic acid groups (broad SMARTS) is 1. The van der Waals surface area contributed by atoms with Crippen LogP contribution < -0.4 is 0 Å². The van der Waals surface area contributed by atoms with Gasteiger partial charge in [-0.3, -0.25) is 0 Å². The van der Waals surface area contributed by atoms with Gasteiger partial charge in [-0.2, -0.15) is 0 Å². The molecule has 0 amide bonds. The lowest BCUT2D eigenvalue weighted by Gasteiger charge is -2.22. The summed E-state index contributed by atoms with van der Waals surface area (Å²) in [5, 5.41) is 15.8. The summed E-state index contributed by atoms with van der Waals surface area (Å²) in [6, 6.07) is 0. The Morgan fingerprint density at radius 3 is 0.571 bits per heavy atom. The summed E-state index contributed by atoms with van der Waals surface area (Å²) in [6.07, 6.45) is 50.2. The number of carbonyl (C=O) groups is 1. The fourth-order valence-electron chi connectivity index (χ4n) is 7.37. The second kappa shape index (κ2) is 54.3. The van der Waals surface area contributed by atoms with Crippen LogP contribution in [0.2, 0.25) is 0 Å². The number of hydrogen-bond donors (Lipinski definition) is 2. The fraction of sp³-hybridized carbons (Fsp3) is 0.980. The van der Waals surface area contributed by atoms with Gasteiger partial charge in [-0.1, -0.05) is 234 Å². The maximum atomic E-state index is 9.45. The molecule has 1 atom stereocenters. The molecule has 0 aromatic heterocycles. The summed E-state index contributed by atoms with van der Waals surface area (Å²) in [6.45, 7) is 23.2. The molecule has 0 aliphatic heterocycles. The summed E-state index contributed by atoms with van der Waals surface area (Å²) >= 11 is 0. The van der Waals surface area contributed by atoms with Crippen molar-refractivity contribution < 1.29 is 15.0 Å². The van der Waals surface area contributed by atoms with Gasteiger partial charge in [-0.05, 0) is 84.7 Å². The second-order valence-electron chi connectivity index (χ2n) is 17.3. The van der Waals surface area contributed by atoms with Crippen molar-refractivity contribution in [3.05, 3.63) is 0 Å². The van der Waals surface area contributed by atoms with Gasteiger partial charge in [0, 0.05) is 0 Å². The molecular weight excluding hydrogens is 689 g/mol. The molecule has 0 spiro atoms. The number of carboxylic acids is 1. The average Bonchev–Trinajstić information content (AvgIpc) is 3.19. The number of aliphatic carboxylic acids is 1. The van der Waals surface area contributed by atoms with E-state index in [1.54, 1.807) is 0 Å². The smallest absolute Gasteiger partial charge is 0.332 e. The van der Waals surface area contributed by atoms with Gasteiger partial charge in [0.15, 0.2) is 0 Å². The molecule has 0 aromatic carbocycles. The Morgan fingerprint density at radius 1 is 0.321 bits per heavy atom. The van der Waals surface area contributed by atoms with Crippen molar-refractivity contribution in [2.45, 2.75) is 286 Å². The van der Waals surface area contributed by atoms with Crippen molar-refractivity contribution in [3.8, 4) is 0 Å². The van der Waals surface area contributed by atoms with E-state index < -0.39 is 12.1 Å². The van der Waals surface area contributed by atoms with Crippen molar-refractivity contribution in [2.75, 3.05) is 39.3 Å². The Morgan fingerprint density at radius 2 is 0.446 bits per heavy atom. The summed E-state index contributed by atoms with van der Waals surface area (Å²) < 4.78 is 0. The first-order valence-corrected chi connectivity index (χ1v) is 25.7. The maximum absolute atomic E-state index is 9.45. The van der Waals surface area contributed by atoms with Gasteiger partial charge in [0.05, 0.1) is 0 Å². The lowest BCUT2D eigenvalue weighted by molar-refractivity contribution is -0.145. The molecule has 0 fully saturated rings. The van der Waals surface area contributed by atoms with Gasteiger partial charge in [0.2, 0.25) is 0 Å². The van der Waals surface area contributed by atoms with E-state index >= 15 is 0 Å². The molecule has 0 bridgehead atoms. The molecule has 1 unspecified atom stereocenters. The normalized spacial score (nSPS) is 11.8. The van der Waals surface area contributed by atoms with Crippen molar-refractivity contribution in [2.24, 2.45) is 0 Å². The summed E-state index contributed by atoms with van der Waals surface area (Å²) in [5.41, 5.74) is 0. The quantitative estimate of drug-likeness (QED) is 0.0602. The van der Waals surface area contributed by atoms with E-state index in [0.717, 1.165) is 0 Å². The number of rotatable bonds is 43. The van der Waals surface area contributed by atoms with Crippen LogP contribution in [0.1, 0.15) is 280 Å². The largest absolute Gasteiger partial charge is 0.479 e. The second-order valence-corrected chi connectivity index (χ2v) is 17.3. The van der Waals surface area contributed by atoms with Crippen LogP contribution >= 0.6 is 0 Å². The zero-order chi connectivity index (χ0) is 42.0. The van der Waals surface area contributed by atoms with Crippen LogP contribution in [0.15, 0.2) is 0 Å². The first-order valence-electron chi connectivity index (χ1n) is 25.7. The van der Waals surface area contributed by atoms with Gasteiger partial charge in [0.25, 0.3) is 0 Å². The minimum Gasteiger partial charge on any atom is -0.479 e. The highest BCUT2D eigenvalue weighted by Crippen LogP contribution is 2.13. The van der Waals surface area contributed by atoms with E-state index in [0.29, 0.717) is 0 Å². The topological polar surface area (TPSA) is 64.0 Å². The SMILES string of the molecule is CC(O)C(=O)O.CCCCCCCCN(CCCCCCCC)CCCCCCCC.CCCCCCCCN(CCCCCCCC)CCCCCCCC. The first-order chi connectivity index (χ1) is 27.3. The predicted octanol–water partition coefficient (Wildman–Crippen LogP) is 16.2. The zero-order valence-electron chi connectivity index (χ0n) is 40.0. The van der Waals surface area contributed by atoms with Gasteiger partial charge in [-0.25, -0.2) is 4.79 Å². The number of nitrogens with zero attached hydrogens (tertiary/aromatic N) is 2. The van der Waals surface area contributed by atoms with Crippen LogP contribution in [-0.2, 0) is 4.79 Å². The highest BCUT2D eigenvalue weighted by Gasteiger charge is 2.07. The van der Waals surface area contributed by atoms with E-state index in [4.69, 9.17) is 10.2 Å². The first kappa shape index (κ1) is 59.7. The van der Waals surface area contributed by atoms with E-state index in [-0.39, 0.29) is 0 Å². The number of unbranched alkanes of at least 4 members (excludes halogenated alkanes) is 30. The van der Waals surface area contributed by atoms with E-state index in [1.807, 2.05) is 0 Å². The van der Waals surface area contributed by atoms with Crippen molar-refractivity contribution in [1.82, 2.24) is 9.80 Å². The predicted molar refractivity (Wildman–Crippen MR) is 252 cm³/mol. The lowest BCUT2D eigenvalue weighted by atomic mass is 10.1. The average molecular weight is 797 g/mol. The molecular formula is C51H108N2O3. The maximum Gasteiger partial charge on any atom is 0.332 e. The number of hydrogen-bond acceptors (Lipinski definition) is 4. The summed E-state index contributed by atoms with van der Waals surface area (Å²) in [5.74, 6) is -1.19. The minimum absolute atomic E-state index is 1.19. The minimum atomic E-state index is -1.23. The molecule has 0 radical (unpaired) electrons. The van der Waals surface area contributed by atoms with Gasteiger partial charge in [-0.15, -0.1) is 0 Å². The summed E-state index contributed by atoms with van der Waals surface area (Å²) in [7, 11) is 0. The Kier molecular flexibility index (Phi) is 57.9. The molecule has 0 aliphatic carbocycles. The van der Waals surface area contributed by atoms with Crippen molar-refractivity contribution in [3.63, 3.8) is 0 Å². The fourth-order valence-corrected chi connectivity index (χ4v) is 7.37. The zero-order valence-corrected chi connectivity index (χ0v) is 40.0. The van der Waals surface area contributed by atoms with Crippen LogP contribution in [0.3, 0.4) is 0 Å². The Labute approximate surface area is 354 Å². The highest BCUT2D eigenvalue weighted by molar-refractivity contribution is 5.71. The highest BCUT2D eigenvalue weighted by atomic mass is 16.4. The molecule has 0 aromatic rings. The van der Waals surface area contributed by atoms with Crippen LogP contribution in [-0.4, -0.2) is 71.4 Å². The van der Waals surface area contributed by atoms with E-state index in [9.17, 15) is 4.79 Å². The van der Waals surface area contributed by atoms with Crippen LogP contribution in [0.5, 0.6) is 0 Å². The number of aliphatic hydroxyl groups is 1. The number of aliphatic hydroxyl groups excluding tert-OH is 1. The Hall–Kier alpha value is -0.650. The lowest BCUT2D eigenvalue weighted by Crippen LogP contribution is -2.27. The molecule has 0 rings (SSSR count). The molecule has 2 N–H and O–H groups in total. The standard InChI is InChI=1S/2C24H51N.C3H6O3/c2*1-4-7-10-13-16-19-22-25(23-20-17-14-11-8-5-2)24-21-18-15-12-9-6-3;1-2(4)3(5)6/h2*4-24H2,1-3H3;2,4H,1H3,(H,5,6). The molecule has 0 saturated heterocycles. The molecule has 0 aliphatic rings. The van der Waals surface area contributed by atoms with Gasteiger partial charge in [0.1, 0.15) is 6.10 Å². The summed E-state index contributed by atoms with van der Waals surface area (Å²) in [4.78, 5) is 15.0. The third-order valence-corrected chi connectivity index (χ3v) is 11.3. The van der Waals surface area contributed by atoms with E-state index in [1.165, 1.54) is 277 Å². The molecule has 56 heavy (non-hydrogen) atoms. The molecule has 0 saturated carbocycles. The third-order valence-electron chi connectivity index (χ3n) is 11.3. The molecule has 5 nitrogen and oxygen atoms in total. The van der Waals surface area contributed by atoms with Crippen LogP contribution in [0, 0.1) is 0 Å². The van der Waals surface area contributed by atoms with E-state index in [2.05, 4.69) is 51.3 Å². The van der Waals surface area contributed by atoms with Crippen LogP contribution in [0.25, 0.3) is 0 Å². The molecule has 340 valence electrons. The third kappa shape index (κ3) is 55.4.